The number of benzene rings is 1. The standard InChI is InChI=1S/C17H16N2O4/c1-3-11-5-4-6-12-13(8-18-16(11)12)14(20)9-22-17(21)15-7-10(2)19-23-15/h4-8,18H,3,9H2,1-2H3. The predicted octanol–water partition coefficient (Wildman–Crippen LogP) is 3.07. The van der Waals surface area contributed by atoms with Crippen LogP contribution in [-0.2, 0) is 11.2 Å². The van der Waals surface area contributed by atoms with E-state index in [1.807, 2.05) is 18.2 Å². The van der Waals surface area contributed by atoms with Crippen molar-refractivity contribution in [1.82, 2.24) is 10.1 Å². The number of Topliss-reactive ketones (excluding diaryl/α,β-unsaturated/α-hetero) is 1. The molecule has 0 fully saturated rings. The van der Waals surface area contributed by atoms with E-state index in [4.69, 9.17) is 9.26 Å². The fraction of sp³-hybridized carbons (Fsp3) is 0.235. The maximum absolute atomic E-state index is 12.3. The van der Waals surface area contributed by atoms with Crippen molar-refractivity contribution < 1.29 is 18.8 Å². The molecule has 0 saturated carbocycles. The maximum Gasteiger partial charge on any atom is 0.377 e. The summed E-state index contributed by atoms with van der Waals surface area (Å²) >= 11 is 0. The number of esters is 1. The van der Waals surface area contributed by atoms with Gasteiger partial charge in [0, 0.05) is 28.7 Å². The molecule has 3 aromatic rings. The van der Waals surface area contributed by atoms with Crippen molar-refractivity contribution >= 4 is 22.7 Å². The van der Waals surface area contributed by atoms with Crippen LogP contribution in [0, 0.1) is 6.92 Å². The quantitative estimate of drug-likeness (QED) is 0.578. The SMILES string of the molecule is CCc1cccc2c(C(=O)COC(=O)c3cc(C)no3)c[nH]c12. The van der Waals surface area contributed by atoms with Crippen molar-refractivity contribution in [1.29, 1.82) is 0 Å². The number of ether oxygens (including phenoxy) is 1. The van der Waals surface area contributed by atoms with Crippen LogP contribution in [0.25, 0.3) is 10.9 Å². The van der Waals surface area contributed by atoms with Crippen LogP contribution < -0.4 is 0 Å². The first-order valence-electron chi connectivity index (χ1n) is 7.32. The van der Waals surface area contributed by atoms with Crippen LogP contribution in [0.2, 0.25) is 0 Å². The first-order chi connectivity index (χ1) is 11.1. The Hall–Kier alpha value is -2.89. The number of hydrogen-bond donors (Lipinski definition) is 1. The molecule has 0 saturated heterocycles. The third-order valence-corrected chi connectivity index (χ3v) is 3.65. The van der Waals surface area contributed by atoms with Gasteiger partial charge in [0.2, 0.25) is 11.5 Å². The lowest BCUT2D eigenvalue weighted by Gasteiger charge is -2.02. The zero-order valence-corrected chi connectivity index (χ0v) is 12.9. The van der Waals surface area contributed by atoms with Gasteiger partial charge < -0.3 is 14.2 Å². The second kappa shape index (κ2) is 6.08. The van der Waals surface area contributed by atoms with Gasteiger partial charge in [-0.2, -0.15) is 0 Å². The highest BCUT2D eigenvalue weighted by atomic mass is 16.6. The van der Waals surface area contributed by atoms with Crippen LogP contribution in [-0.4, -0.2) is 28.5 Å². The van der Waals surface area contributed by atoms with Crippen molar-refractivity contribution in [2.45, 2.75) is 20.3 Å². The minimum absolute atomic E-state index is 0.0116. The van der Waals surface area contributed by atoms with E-state index in [0.29, 0.717) is 11.3 Å². The van der Waals surface area contributed by atoms with Gasteiger partial charge in [0.1, 0.15) is 0 Å². The smallest absolute Gasteiger partial charge is 0.377 e. The Morgan fingerprint density at radius 1 is 1.35 bits per heavy atom. The summed E-state index contributed by atoms with van der Waals surface area (Å²) in [4.78, 5) is 27.2. The normalized spacial score (nSPS) is 10.9. The van der Waals surface area contributed by atoms with Crippen molar-refractivity contribution in [3.8, 4) is 0 Å². The molecule has 0 aliphatic heterocycles. The summed E-state index contributed by atoms with van der Waals surface area (Å²) in [7, 11) is 0. The Kier molecular flexibility index (Phi) is 3.97. The molecule has 0 spiro atoms. The number of aromatic amines is 1. The molecule has 2 heterocycles. The largest absolute Gasteiger partial charge is 0.451 e. The van der Waals surface area contributed by atoms with Crippen molar-refractivity contribution in [3.05, 3.63) is 53.0 Å². The third kappa shape index (κ3) is 2.88. The molecular weight excluding hydrogens is 296 g/mol. The van der Waals surface area contributed by atoms with Crippen LogP contribution in [0.15, 0.2) is 35.0 Å². The average Bonchev–Trinajstić information content (AvgIpc) is 3.18. The number of H-pyrrole nitrogens is 1. The van der Waals surface area contributed by atoms with E-state index in [0.717, 1.165) is 22.9 Å². The van der Waals surface area contributed by atoms with Gasteiger partial charge in [-0.05, 0) is 18.9 Å². The van der Waals surface area contributed by atoms with E-state index in [1.165, 1.54) is 6.07 Å². The number of nitrogens with zero attached hydrogens (tertiary/aromatic N) is 1. The molecule has 0 amide bonds. The van der Waals surface area contributed by atoms with Gasteiger partial charge in [0.05, 0.1) is 5.69 Å². The molecule has 2 aromatic heterocycles. The summed E-state index contributed by atoms with van der Waals surface area (Å²) in [6, 6.07) is 7.26. The molecule has 0 aliphatic carbocycles. The number of hydrogen-bond acceptors (Lipinski definition) is 5. The maximum atomic E-state index is 12.3. The molecule has 0 aliphatic rings. The Bertz CT molecular complexity index is 876. The summed E-state index contributed by atoms with van der Waals surface area (Å²) in [6.07, 6.45) is 2.52. The Morgan fingerprint density at radius 3 is 2.87 bits per heavy atom. The summed E-state index contributed by atoms with van der Waals surface area (Å²) in [5, 5.41) is 4.44. The van der Waals surface area contributed by atoms with E-state index in [1.54, 1.807) is 13.1 Å². The van der Waals surface area contributed by atoms with E-state index in [2.05, 4.69) is 17.1 Å². The zero-order valence-electron chi connectivity index (χ0n) is 12.9. The van der Waals surface area contributed by atoms with Gasteiger partial charge in [0.15, 0.2) is 6.61 Å². The summed E-state index contributed by atoms with van der Waals surface area (Å²) < 4.78 is 9.80. The molecule has 23 heavy (non-hydrogen) atoms. The molecule has 0 atom stereocenters. The summed E-state index contributed by atoms with van der Waals surface area (Å²) in [6.45, 7) is 3.41. The van der Waals surface area contributed by atoms with E-state index >= 15 is 0 Å². The molecule has 3 rings (SSSR count). The molecule has 6 nitrogen and oxygen atoms in total. The van der Waals surface area contributed by atoms with E-state index < -0.39 is 5.97 Å². The number of aromatic nitrogens is 2. The van der Waals surface area contributed by atoms with E-state index in [-0.39, 0.29) is 18.2 Å². The highest BCUT2D eigenvalue weighted by Crippen LogP contribution is 2.22. The lowest BCUT2D eigenvalue weighted by Crippen LogP contribution is -2.13. The summed E-state index contributed by atoms with van der Waals surface area (Å²) in [5.74, 6) is -0.982. The van der Waals surface area contributed by atoms with Gasteiger partial charge in [-0.15, -0.1) is 0 Å². The first-order valence-corrected chi connectivity index (χ1v) is 7.32. The molecule has 6 heteroatoms. The highest BCUT2D eigenvalue weighted by Gasteiger charge is 2.18. The lowest BCUT2D eigenvalue weighted by atomic mass is 10.1. The van der Waals surface area contributed by atoms with Crippen LogP contribution in [0.4, 0.5) is 0 Å². The number of para-hydroxylation sites is 1. The Morgan fingerprint density at radius 2 is 2.17 bits per heavy atom. The fourth-order valence-electron chi connectivity index (χ4n) is 2.48. The minimum Gasteiger partial charge on any atom is -0.451 e. The predicted molar refractivity (Wildman–Crippen MR) is 83.5 cm³/mol. The number of carbonyl (C=O) groups excluding carboxylic acids is 2. The Balaban J connectivity index is 1.75. The number of fused-ring (bicyclic) bond motifs is 1. The Labute approximate surface area is 132 Å². The van der Waals surface area contributed by atoms with Crippen molar-refractivity contribution in [3.63, 3.8) is 0 Å². The van der Waals surface area contributed by atoms with Crippen LogP contribution in [0.3, 0.4) is 0 Å². The van der Waals surface area contributed by atoms with Crippen molar-refractivity contribution in [2.24, 2.45) is 0 Å². The second-order valence-corrected chi connectivity index (χ2v) is 5.23. The number of ketones is 1. The zero-order chi connectivity index (χ0) is 16.4. The fourth-order valence-corrected chi connectivity index (χ4v) is 2.48. The molecular formula is C17H16N2O4. The molecule has 1 aromatic carbocycles. The number of rotatable bonds is 5. The monoisotopic (exact) mass is 312 g/mol. The lowest BCUT2D eigenvalue weighted by molar-refractivity contribution is 0.0435. The van der Waals surface area contributed by atoms with E-state index in [9.17, 15) is 9.59 Å². The first kappa shape index (κ1) is 15.0. The van der Waals surface area contributed by atoms with Crippen LogP contribution in [0.1, 0.15) is 39.1 Å². The van der Waals surface area contributed by atoms with Gasteiger partial charge >= 0.3 is 5.97 Å². The second-order valence-electron chi connectivity index (χ2n) is 5.23. The van der Waals surface area contributed by atoms with Gasteiger partial charge in [-0.1, -0.05) is 30.3 Å². The van der Waals surface area contributed by atoms with Gasteiger partial charge in [-0.25, -0.2) is 4.79 Å². The molecule has 0 radical (unpaired) electrons. The summed E-state index contributed by atoms with van der Waals surface area (Å²) in [5.41, 5.74) is 3.16. The van der Waals surface area contributed by atoms with Crippen molar-refractivity contribution in [2.75, 3.05) is 6.61 Å². The minimum atomic E-state index is -0.701. The number of aryl methyl sites for hydroxylation is 2. The third-order valence-electron chi connectivity index (χ3n) is 3.65. The topological polar surface area (TPSA) is 85.2 Å². The van der Waals surface area contributed by atoms with Gasteiger partial charge in [0.25, 0.3) is 0 Å². The number of nitrogens with one attached hydrogen (secondary N) is 1. The van der Waals surface area contributed by atoms with Gasteiger partial charge in [-0.3, -0.25) is 4.79 Å². The molecule has 118 valence electrons. The van der Waals surface area contributed by atoms with Crippen LogP contribution in [0.5, 0.6) is 0 Å². The number of carbonyl (C=O) groups is 2. The molecule has 1 N–H and O–H groups in total. The molecule has 0 unspecified atom stereocenters. The highest BCUT2D eigenvalue weighted by molar-refractivity contribution is 6.09. The average molecular weight is 312 g/mol. The van der Waals surface area contributed by atoms with Crippen LogP contribution >= 0.6 is 0 Å². The molecule has 0 bridgehead atoms.